The first-order chi connectivity index (χ1) is 6.57. The van der Waals surface area contributed by atoms with Crippen LogP contribution >= 0.6 is 11.8 Å². The van der Waals surface area contributed by atoms with Gasteiger partial charge in [0.05, 0.1) is 11.5 Å². The van der Waals surface area contributed by atoms with Crippen molar-refractivity contribution in [1.82, 2.24) is 0 Å². The predicted molar refractivity (Wildman–Crippen MR) is 61.3 cm³/mol. The fraction of sp³-hybridized carbons (Fsp3) is 0.417. The Bertz CT molecular complexity index is 332. The van der Waals surface area contributed by atoms with Crippen molar-refractivity contribution in [3.8, 4) is 6.07 Å². The van der Waals surface area contributed by atoms with Crippen LogP contribution in [0.1, 0.15) is 19.4 Å². The van der Waals surface area contributed by atoms with Gasteiger partial charge in [0, 0.05) is 4.90 Å². The predicted octanol–water partition coefficient (Wildman–Crippen LogP) is 3.50. The third-order valence-electron chi connectivity index (χ3n) is 2.11. The van der Waals surface area contributed by atoms with E-state index < -0.39 is 0 Å². The van der Waals surface area contributed by atoms with E-state index in [4.69, 9.17) is 5.26 Å². The maximum Gasteiger partial charge on any atom is 0.0687 e. The van der Waals surface area contributed by atoms with Crippen LogP contribution < -0.4 is 0 Å². The largest absolute Gasteiger partial charge is 0.198 e. The molecule has 14 heavy (non-hydrogen) atoms. The van der Waals surface area contributed by atoms with Gasteiger partial charge in [-0.05, 0) is 44.2 Å². The SMILES string of the molecule is CSc1ccc(CC(C)(C)C#N)cc1. The van der Waals surface area contributed by atoms with Gasteiger partial charge in [0.2, 0.25) is 0 Å². The number of hydrogen-bond donors (Lipinski definition) is 0. The van der Waals surface area contributed by atoms with Gasteiger partial charge in [-0.3, -0.25) is 0 Å². The van der Waals surface area contributed by atoms with Crippen molar-refractivity contribution in [2.45, 2.75) is 25.2 Å². The highest BCUT2D eigenvalue weighted by atomic mass is 32.2. The first-order valence-corrected chi connectivity index (χ1v) is 5.84. The maximum absolute atomic E-state index is 8.90. The van der Waals surface area contributed by atoms with Gasteiger partial charge in [-0.25, -0.2) is 0 Å². The van der Waals surface area contributed by atoms with E-state index in [0.29, 0.717) is 0 Å². The van der Waals surface area contributed by atoms with Crippen molar-refractivity contribution in [2.75, 3.05) is 6.26 Å². The van der Waals surface area contributed by atoms with E-state index >= 15 is 0 Å². The molecule has 0 spiro atoms. The normalized spacial score (nSPS) is 11.0. The van der Waals surface area contributed by atoms with Crippen molar-refractivity contribution in [3.05, 3.63) is 29.8 Å². The molecule has 0 aliphatic heterocycles. The monoisotopic (exact) mass is 205 g/mol. The van der Waals surface area contributed by atoms with Gasteiger partial charge in [0.25, 0.3) is 0 Å². The van der Waals surface area contributed by atoms with E-state index in [9.17, 15) is 0 Å². The second kappa shape index (κ2) is 4.52. The van der Waals surface area contributed by atoms with Crippen molar-refractivity contribution < 1.29 is 0 Å². The Morgan fingerprint density at radius 1 is 1.29 bits per heavy atom. The molecule has 1 rings (SSSR count). The zero-order chi connectivity index (χ0) is 10.6. The molecule has 0 N–H and O–H groups in total. The lowest BCUT2D eigenvalue weighted by atomic mass is 9.87. The van der Waals surface area contributed by atoms with Gasteiger partial charge in [0.15, 0.2) is 0 Å². The zero-order valence-corrected chi connectivity index (χ0v) is 9.69. The molecular weight excluding hydrogens is 190 g/mol. The first kappa shape index (κ1) is 11.1. The van der Waals surface area contributed by atoms with E-state index in [1.54, 1.807) is 11.8 Å². The summed E-state index contributed by atoms with van der Waals surface area (Å²) in [5.74, 6) is 0. The Kier molecular flexibility index (Phi) is 3.60. The van der Waals surface area contributed by atoms with Crippen LogP contribution in [-0.2, 0) is 6.42 Å². The molecule has 0 amide bonds. The topological polar surface area (TPSA) is 23.8 Å². The Labute approximate surface area is 90.1 Å². The first-order valence-electron chi connectivity index (χ1n) is 4.61. The zero-order valence-electron chi connectivity index (χ0n) is 8.87. The molecule has 0 radical (unpaired) electrons. The molecular formula is C12H15NS. The second-order valence-corrected chi connectivity index (χ2v) is 4.90. The summed E-state index contributed by atoms with van der Waals surface area (Å²) >= 11 is 1.74. The number of nitrogens with zero attached hydrogens (tertiary/aromatic N) is 1. The molecule has 0 unspecified atom stereocenters. The summed E-state index contributed by atoms with van der Waals surface area (Å²) in [6, 6.07) is 10.7. The van der Waals surface area contributed by atoms with Gasteiger partial charge in [-0.2, -0.15) is 5.26 Å². The lowest BCUT2D eigenvalue weighted by Gasteiger charge is -2.14. The van der Waals surface area contributed by atoms with E-state index in [1.807, 2.05) is 13.8 Å². The molecule has 0 saturated heterocycles. The summed E-state index contributed by atoms with van der Waals surface area (Å²) < 4.78 is 0. The Balaban J connectivity index is 2.75. The van der Waals surface area contributed by atoms with Gasteiger partial charge < -0.3 is 0 Å². The van der Waals surface area contributed by atoms with Crippen LogP contribution in [0, 0.1) is 16.7 Å². The van der Waals surface area contributed by atoms with Crippen molar-refractivity contribution in [3.63, 3.8) is 0 Å². The van der Waals surface area contributed by atoms with Gasteiger partial charge in [-0.1, -0.05) is 12.1 Å². The molecule has 0 atom stereocenters. The molecule has 0 fully saturated rings. The highest BCUT2D eigenvalue weighted by Gasteiger charge is 2.16. The number of nitriles is 1. The summed E-state index contributed by atoms with van der Waals surface area (Å²) in [4.78, 5) is 1.27. The summed E-state index contributed by atoms with van der Waals surface area (Å²) in [7, 11) is 0. The minimum Gasteiger partial charge on any atom is -0.198 e. The molecule has 1 aromatic rings. The van der Waals surface area contributed by atoms with Crippen molar-refractivity contribution in [1.29, 1.82) is 5.26 Å². The van der Waals surface area contributed by atoms with Crippen molar-refractivity contribution in [2.24, 2.45) is 5.41 Å². The summed E-state index contributed by atoms with van der Waals surface area (Å²) in [5.41, 5.74) is 0.968. The standard InChI is InChI=1S/C12H15NS/c1-12(2,9-13)8-10-4-6-11(14-3)7-5-10/h4-7H,8H2,1-3H3. The minimum absolute atomic E-state index is 0.263. The van der Waals surface area contributed by atoms with E-state index in [-0.39, 0.29) is 5.41 Å². The third-order valence-corrected chi connectivity index (χ3v) is 2.85. The number of thioether (sulfide) groups is 1. The van der Waals surface area contributed by atoms with Crippen LogP contribution in [-0.4, -0.2) is 6.26 Å². The van der Waals surface area contributed by atoms with E-state index in [0.717, 1.165) is 6.42 Å². The van der Waals surface area contributed by atoms with Gasteiger partial charge in [-0.15, -0.1) is 11.8 Å². The summed E-state index contributed by atoms with van der Waals surface area (Å²) in [6.07, 6.45) is 2.88. The number of hydrogen-bond acceptors (Lipinski definition) is 2. The average molecular weight is 205 g/mol. The van der Waals surface area contributed by atoms with Gasteiger partial charge >= 0.3 is 0 Å². The molecule has 0 aliphatic carbocycles. The molecule has 0 aromatic heterocycles. The van der Waals surface area contributed by atoms with Crippen LogP contribution in [0.5, 0.6) is 0 Å². The fourth-order valence-electron chi connectivity index (χ4n) is 1.29. The van der Waals surface area contributed by atoms with E-state index in [2.05, 4.69) is 36.6 Å². The lowest BCUT2D eigenvalue weighted by Crippen LogP contribution is -2.11. The Morgan fingerprint density at radius 3 is 2.29 bits per heavy atom. The smallest absolute Gasteiger partial charge is 0.0687 e. The van der Waals surface area contributed by atoms with Gasteiger partial charge in [0.1, 0.15) is 0 Å². The number of benzene rings is 1. The second-order valence-electron chi connectivity index (χ2n) is 4.02. The molecule has 0 aliphatic rings. The van der Waals surface area contributed by atoms with Crippen molar-refractivity contribution >= 4 is 11.8 Å². The summed E-state index contributed by atoms with van der Waals surface area (Å²) in [6.45, 7) is 3.94. The molecule has 74 valence electrons. The molecule has 0 bridgehead atoms. The van der Waals surface area contributed by atoms with Crippen LogP contribution in [0.4, 0.5) is 0 Å². The highest BCUT2D eigenvalue weighted by molar-refractivity contribution is 7.98. The quantitative estimate of drug-likeness (QED) is 0.705. The summed E-state index contributed by atoms with van der Waals surface area (Å²) in [5, 5.41) is 8.90. The Hall–Kier alpha value is -0.940. The van der Waals surface area contributed by atoms with Crippen LogP contribution in [0.15, 0.2) is 29.2 Å². The molecule has 2 heteroatoms. The minimum atomic E-state index is -0.263. The molecule has 0 heterocycles. The molecule has 1 nitrogen and oxygen atoms in total. The lowest BCUT2D eigenvalue weighted by molar-refractivity contribution is 0.493. The Morgan fingerprint density at radius 2 is 1.86 bits per heavy atom. The number of rotatable bonds is 3. The average Bonchev–Trinajstić information content (AvgIpc) is 2.19. The van der Waals surface area contributed by atoms with Crippen LogP contribution in [0.2, 0.25) is 0 Å². The highest BCUT2D eigenvalue weighted by Crippen LogP contribution is 2.22. The molecule has 0 saturated carbocycles. The molecule has 1 aromatic carbocycles. The third kappa shape index (κ3) is 3.08. The van der Waals surface area contributed by atoms with Crippen LogP contribution in [0.3, 0.4) is 0 Å². The van der Waals surface area contributed by atoms with Crippen LogP contribution in [0.25, 0.3) is 0 Å². The maximum atomic E-state index is 8.90. The van der Waals surface area contributed by atoms with E-state index in [1.165, 1.54) is 10.5 Å². The fourth-order valence-corrected chi connectivity index (χ4v) is 1.70.